The van der Waals surface area contributed by atoms with E-state index < -0.39 is 5.82 Å². The van der Waals surface area contributed by atoms with Crippen LogP contribution in [0.5, 0.6) is 0 Å². The highest BCUT2D eigenvalue weighted by Crippen LogP contribution is 2.30. The summed E-state index contributed by atoms with van der Waals surface area (Å²) in [7, 11) is 1.58. The smallest absolute Gasteiger partial charge is 0.257 e. The summed E-state index contributed by atoms with van der Waals surface area (Å²) in [6.45, 7) is 0.409. The molecule has 0 atom stereocenters. The summed E-state index contributed by atoms with van der Waals surface area (Å²) in [5, 5.41) is 2.57. The molecule has 1 aliphatic carbocycles. The molecular formula is C19H19FN2O2. The van der Waals surface area contributed by atoms with Crippen molar-refractivity contribution in [1.82, 2.24) is 10.2 Å². The molecule has 2 aromatic carbocycles. The number of hydrogen-bond donors (Lipinski definition) is 1. The van der Waals surface area contributed by atoms with Crippen LogP contribution >= 0.6 is 0 Å². The van der Waals surface area contributed by atoms with Gasteiger partial charge in [-0.25, -0.2) is 4.39 Å². The van der Waals surface area contributed by atoms with Crippen LogP contribution in [0.1, 0.15) is 39.1 Å². The first-order chi connectivity index (χ1) is 11.6. The standard InChI is InChI=1S/C19H19FN2O2/c1-21-18(23)14-8-6-13(7-9-14)12-22(15-10-11-15)19(24)16-4-2-3-5-17(16)20/h2-9,15H,10-12H2,1H3,(H,21,23). The molecule has 0 heterocycles. The quantitative estimate of drug-likeness (QED) is 0.918. The van der Waals surface area contributed by atoms with Crippen molar-refractivity contribution in [2.75, 3.05) is 7.05 Å². The van der Waals surface area contributed by atoms with Gasteiger partial charge in [-0.2, -0.15) is 0 Å². The molecule has 1 saturated carbocycles. The van der Waals surface area contributed by atoms with Crippen molar-refractivity contribution in [3.8, 4) is 0 Å². The predicted molar refractivity (Wildman–Crippen MR) is 89.1 cm³/mol. The van der Waals surface area contributed by atoms with E-state index in [1.54, 1.807) is 36.2 Å². The van der Waals surface area contributed by atoms with Crippen molar-refractivity contribution < 1.29 is 14.0 Å². The van der Waals surface area contributed by atoms with E-state index in [4.69, 9.17) is 0 Å². The Hall–Kier alpha value is -2.69. The summed E-state index contributed by atoms with van der Waals surface area (Å²) >= 11 is 0. The van der Waals surface area contributed by atoms with Gasteiger partial charge >= 0.3 is 0 Å². The second kappa shape index (κ2) is 6.83. The molecule has 1 aliphatic rings. The molecule has 0 bridgehead atoms. The van der Waals surface area contributed by atoms with Crippen molar-refractivity contribution in [2.24, 2.45) is 0 Å². The van der Waals surface area contributed by atoms with Gasteiger partial charge in [-0.15, -0.1) is 0 Å². The van der Waals surface area contributed by atoms with Crippen LogP contribution in [0.2, 0.25) is 0 Å². The van der Waals surface area contributed by atoms with Gasteiger partial charge in [0.2, 0.25) is 0 Å². The summed E-state index contributed by atoms with van der Waals surface area (Å²) in [5.74, 6) is -0.933. The van der Waals surface area contributed by atoms with Gasteiger partial charge in [0.1, 0.15) is 5.82 Å². The molecule has 2 aromatic rings. The number of nitrogens with one attached hydrogen (secondary N) is 1. The zero-order valence-corrected chi connectivity index (χ0v) is 13.5. The van der Waals surface area contributed by atoms with Crippen LogP contribution in [-0.4, -0.2) is 29.8 Å². The second-order valence-corrected chi connectivity index (χ2v) is 5.92. The largest absolute Gasteiger partial charge is 0.355 e. The average Bonchev–Trinajstić information content (AvgIpc) is 3.44. The number of carbonyl (C=O) groups is 2. The fourth-order valence-corrected chi connectivity index (χ4v) is 2.64. The number of halogens is 1. The monoisotopic (exact) mass is 326 g/mol. The average molecular weight is 326 g/mol. The molecular weight excluding hydrogens is 307 g/mol. The maximum Gasteiger partial charge on any atom is 0.257 e. The molecule has 0 aliphatic heterocycles. The maximum atomic E-state index is 13.9. The zero-order chi connectivity index (χ0) is 17.1. The Morgan fingerprint density at radius 2 is 1.79 bits per heavy atom. The third-order valence-corrected chi connectivity index (χ3v) is 4.15. The highest BCUT2D eigenvalue weighted by Gasteiger charge is 2.33. The van der Waals surface area contributed by atoms with E-state index >= 15 is 0 Å². The first-order valence-electron chi connectivity index (χ1n) is 7.96. The van der Waals surface area contributed by atoms with Crippen LogP contribution in [0.3, 0.4) is 0 Å². The zero-order valence-electron chi connectivity index (χ0n) is 13.5. The van der Waals surface area contributed by atoms with Crippen LogP contribution in [0.25, 0.3) is 0 Å². The molecule has 4 nitrogen and oxygen atoms in total. The van der Waals surface area contributed by atoms with Gasteiger partial charge in [0.25, 0.3) is 11.8 Å². The Balaban J connectivity index is 1.79. The van der Waals surface area contributed by atoms with Crippen LogP contribution in [0.15, 0.2) is 48.5 Å². The molecule has 1 fully saturated rings. The minimum atomic E-state index is -0.497. The topological polar surface area (TPSA) is 49.4 Å². The lowest BCUT2D eigenvalue weighted by Gasteiger charge is -2.23. The van der Waals surface area contributed by atoms with E-state index in [2.05, 4.69) is 5.32 Å². The molecule has 24 heavy (non-hydrogen) atoms. The molecule has 5 heteroatoms. The van der Waals surface area contributed by atoms with Gasteiger partial charge in [0.05, 0.1) is 5.56 Å². The minimum absolute atomic E-state index is 0.103. The van der Waals surface area contributed by atoms with E-state index in [0.717, 1.165) is 18.4 Å². The van der Waals surface area contributed by atoms with E-state index in [0.29, 0.717) is 12.1 Å². The van der Waals surface area contributed by atoms with Crippen LogP contribution < -0.4 is 5.32 Å². The number of hydrogen-bond acceptors (Lipinski definition) is 2. The number of rotatable bonds is 5. The Kier molecular flexibility index (Phi) is 4.60. The predicted octanol–water partition coefficient (Wildman–Crippen LogP) is 2.99. The fourth-order valence-electron chi connectivity index (χ4n) is 2.64. The van der Waals surface area contributed by atoms with E-state index in [-0.39, 0.29) is 23.4 Å². The minimum Gasteiger partial charge on any atom is -0.355 e. The van der Waals surface area contributed by atoms with Gasteiger partial charge in [-0.1, -0.05) is 24.3 Å². The Morgan fingerprint density at radius 1 is 1.12 bits per heavy atom. The second-order valence-electron chi connectivity index (χ2n) is 5.92. The van der Waals surface area contributed by atoms with E-state index in [1.807, 2.05) is 12.1 Å². The highest BCUT2D eigenvalue weighted by atomic mass is 19.1. The summed E-state index contributed by atoms with van der Waals surface area (Å²) in [5.41, 5.74) is 1.59. The third kappa shape index (κ3) is 3.45. The van der Waals surface area contributed by atoms with Gasteiger partial charge in [0.15, 0.2) is 0 Å². The van der Waals surface area contributed by atoms with Crippen LogP contribution in [-0.2, 0) is 6.54 Å². The Labute approximate surface area is 140 Å². The SMILES string of the molecule is CNC(=O)c1ccc(CN(C(=O)c2ccccc2F)C2CC2)cc1. The molecule has 0 spiro atoms. The Bertz CT molecular complexity index is 754. The van der Waals surface area contributed by atoms with Gasteiger partial charge < -0.3 is 10.2 Å². The highest BCUT2D eigenvalue weighted by molar-refractivity contribution is 5.95. The van der Waals surface area contributed by atoms with Gasteiger partial charge in [-0.3, -0.25) is 9.59 Å². The van der Waals surface area contributed by atoms with Crippen LogP contribution in [0, 0.1) is 5.82 Å². The number of nitrogens with zero attached hydrogens (tertiary/aromatic N) is 1. The molecule has 1 N–H and O–H groups in total. The lowest BCUT2D eigenvalue weighted by atomic mass is 10.1. The van der Waals surface area contributed by atoms with E-state index in [9.17, 15) is 14.0 Å². The number of amides is 2. The normalized spacial score (nSPS) is 13.4. The van der Waals surface area contributed by atoms with Crippen molar-refractivity contribution in [3.05, 3.63) is 71.0 Å². The Morgan fingerprint density at radius 3 is 2.38 bits per heavy atom. The summed E-state index contributed by atoms with van der Waals surface area (Å²) in [6, 6.07) is 13.3. The molecule has 0 saturated heterocycles. The summed E-state index contributed by atoms with van der Waals surface area (Å²) < 4.78 is 13.9. The maximum absolute atomic E-state index is 13.9. The molecule has 0 aromatic heterocycles. The van der Waals surface area contributed by atoms with Crippen molar-refractivity contribution >= 4 is 11.8 Å². The van der Waals surface area contributed by atoms with Crippen molar-refractivity contribution in [2.45, 2.75) is 25.4 Å². The van der Waals surface area contributed by atoms with Crippen molar-refractivity contribution in [3.63, 3.8) is 0 Å². The first kappa shape index (κ1) is 16.2. The van der Waals surface area contributed by atoms with Gasteiger partial charge in [-0.05, 0) is 42.7 Å². The lowest BCUT2D eigenvalue weighted by molar-refractivity contribution is 0.0724. The molecule has 3 rings (SSSR count). The molecule has 0 unspecified atom stereocenters. The number of carbonyl (C=O) groups excluding carboxylic acids is 2. The van der Waals surface area contributed by atoms with E-state index in [1.165, 1.54) is 12.1 Å². The summed E-state index contributed by atoms with van der Waals surface area (Å²) in [4.78, 5) is 26.0. The number of benzene rings is 2. The first-order valence-corrected chi connectivity index (χ1v) is 7.96. The van der Waals surface area contributed by atoms with Gasteiger partial charge in [0, 0.05) is 25.2 Å². The van der Waals surface area contributed by atoms with Crippen molar-refractivity contribution in [1.29, 1.82) is 0 Å². The fraction of sp³-hybridized carbons (Fsp3) is 0.263. The third-order valence-electron chi connectivity index (χ3n) is 4.15. The summed E-state index contributed by atoms with van der Waals surface area (Å²) in [6.07, 6.45) is 1.88. The van der Waals surface area contributed by atoms with Crippen LogP contribution in [0.4, 0.5) is 4.39 Å². The molecule has 0 radical (unpaired) electrons. The molecule has 2 amide bonds. The lowest BCUT2D eigenvalue weighted by Crippen LogP contribution is -2.33. The molecule has 124 valence electrons.